The first kappa shape index (κ1) is 19.1. The summed E-state index contributed by atoms with van der Waals surface area (Å²) in [4.78, 5) is 26.7. The molecule has 2 N–H and O–H groups in total. The van der Waals surface area contributed by atoms with Crippen LogP contribution in [-0.4, -0.2) is 42.5 Å². The Balaban J connectivity index is 1.79. The van der Waals surface area contributed by atoms with Gasteiger partial charge >= 0.3 is 6.03 Å². The van der Waals surface area contributed by atoms with Crippen molar-refractivity contribution in [2.45, 2.75) is 77.7 Å². The van der Waals surface area contributed by atoms with Gasteiger partial charge in [-0.3, -0.25) is 4.79 Å². The lowest BCUT2D eigenvalue weighted by Crippen LogP contribution is -2.50. The van der Waals surface area contributed by atoms with Crippen molar-refractivity contribution in [1.29, 1.82) is 0 Å². The van der Waals surface area contributed by atoms with Gasteiger partial charge in [0.05, 0.1) is 5.92 Å². The average molecular weight is 338 g/mol. The van der Waals surface area contributed by atoms with E-state index in [2.05, 4.69) is 24.5 Å². The Hall–Kier alpha value is -1.26. The van der Waals surface area contributed by atoms with E-state index in [-0.39, 0.29) is 17.9 Å². The molecule has 1 saturated heterocycles. The molecule has 0 aromatic heterocycles. The summed E-state index contributed by atoms with van der Waals surface area (Å²) in [5, 5.41) is 6.23. The van der Waals surface area contributed by atoms with Crippen LogP contribution in [0.15, 0.2) is 0 Å². The van der Waals surface area contributed by atoms with E-state index in [0.717, 1.165) is 32.2 Å². The number of carbonyl (C=O) groups excluding carboxylic acids is 2. The van der Waals surface area contributed by atoms with Gasteiger partial charge in [0.2, 0.25) is 5.91 Å². The van der Waals surface area contributed by atoms with Gasteiger partial charge in [-0.15, -0.1) is 0 Å². The van der Waals surface area contributed by atoms with Gasteiger partial charge in [0.15, 0.2) is 0 Å². The molecule has 1 saturated carbocycles. The van der Waals surface area contributed by atoms with Crippen molar-refractivity contribution >= 4 is 11.9 Å². The molecular formula is C19H35N3O2. The monoisotopic (exact) mass is 337 g/mol. The minimum absolute atomic E-state index is 0.0212. The van der Waals surface area contributed by atoms with E-state index in [1.54, 1.807) is 0 Å². The third-order valence-electron chi connectivity index (χ3n) is 5.19. The quantitative estimate of drug-likeness (QED) is 0.827. The molecule has 2 fully saturated rings. The number of hydrogen-bond acceptors (Lipinski definition) is 2. The van der Waals surface area contributed by atoms with Crippen molar-refractivity contribution in [3.63, 3.8) is 0 Å². The Labute approximate surface area is 146 Å². The number of piperidine rings is 1. The highest BCUT2D eigenvalue weighted by atomic mass is 16.2. The van der Waals surface area contributed by atoms with Gasteiger partial charge in [-0.2, -0.15) is 0 Å². The van der Waals surface area contributed by atoms with Crippen LogP contribution >= 0.6 is 0 Å². The van der Waals surface area contributed by atoms with Crippen LogP contribution < -0.4 is 10.6 Å². The Kier molecular flexibility index (Phi) is 7.86. The molecule has 1 heterocycles. The van der Waals surface area contributed by atoms with Crippen molar-refractivity contribution in [3.05, 3.63) is 0 Å². The van der Waals surface area contributed by atoms with Crippen LogP contribution in [0.5, 0.6) is 0 Å². The van der Waals surface area contributed by atoms with Crippen LogP contribution in [0.4, 0.5) is 4.79 Å². The van der Waals surface area contributed by atoms with Crippen LogP contribution in [0.25, 0.3) is 0 Å². The minimum Gasteiger partial charge on any atom is -0.353 e. The molecule has 0 radical (unpaired) electrons. The predicted octanol–water partition coefficient (Wildman–Crippen LogP) is 3.29. The fourth-order valence-corrected chi connectivity index (χ4v) is 3.70. The predicted molar refractivity (Wildman–Crippen MR) is 96.8 cm³/mol. The van der Waals surface area contributed by atoms with Crippen molar-refractivity contribution in [1.82, 2.24) is 15.5 Å². The lowest BCUT2D eigenvalue weighted by Gasteiger charge is -2.33. The lowest BCUT2D eigenvalue weighted by molar-refractivity contribution is -0.127. The summed E-state index contributed by atoms with van der Waals surface area (Å²) in [5.41, 5.74) is 0. The van der Waals surface area contributed by atoms with E-state index in [1.165, 1.54) is 32.1 Å². The van der Waals surface area contributed by atoms with E-state index < -0.39 is 0 Å². The van der Waals surface area contributed by atoms with Crippen LogP contribution in [0, 0.1) is 11.8 Å². The van der Waals surface area contributed by atoms with Gasteiger partial charge in [0.1, 0.15) is 0 Å². The minimum atomic E-state index is -0.0472. The Morgan fingerprint density at radius 3 is 2.33 bits per heavy atom. The second-order valence-corrected chi connectivity index (χ2v) is 7.92. The summed E-state index contributed by atoms with van der Waals surface area (Å²) >= 11 is 0. The number of urea groups is 1. The van der Waals surface area contributed by atoms with Gasteiger partial charge in [0, 0.05) is 25.7 Å². The molecule has 1 atom stereocenters. The maximum Gasteiger partial charge on any atom is 0.317 e. The van der Waals surface area contributed by atoms with E-state index in [9.17, 15) is 9.59 Å². The highest BCUT2D eigenvalue weighted by Gasteiger charge is 2.29. The summed E-state index contributed by atoms with van der Waals surface area (Å²) < 4.78 is 0. The van der Waals surface area contributed by atoms with E-state index in [4.69, 9.17) is 0 Å². The first-order chi connectivity index (χ1) is 11.6. The van der Waals surface area contributed by atoms with Gasteiger partial charge in [-0.05, 0) is 31.6 Å². The number of nitrogens with one attached hydrogen (secondary N) is 2. The second kappa shape index (κ2) is 9.90. The Bertz CT molecular complexity index is 403. The van der Waals surface area contributed by atoms with Gasteiger partial charge in [-0.25, -0.2) is 4.79 Å². The fraction of sp³-hybridized carbons (Fsp3) is 0.895. The van der Waals surface area contributed by atoms with Crippen molar-refractivity contribution < 1.29 is 9.59 Å². The zero-order chi connectivity index (χ0) is 17.4. The van der Waals surface area contributed by atoms with Crippen LogP contribution in [0.1, 0.15) is 71.6 Å². The van der Waals surface area contributed by atoms with Crippen LogP contribution in [0.2, 0.25) is 0 Å². The smallest absolute Gasteiger partial charge is 0.317 e. The van der Waals surface area contributed by atoms with Crippen molar-refractivity contribution in [2.75, 3.05) is 19.6 Å². The number of rotatable bonds is 4. The number of likely N-dealkylation sites (tertiary alicyclic amines) is 1. The van der Waals surface area contributed by atoms with Crippen molar-refractivity contribution in [2.24, 2.45) is 11.8 Å². The van der Waals surface area contributed by atoms with Gasteiger partial charge in [0.25, 0.3) is 0 Å². The molecule has 2 rings (SSSR count). The van der Waals surface area contributed by atoms with Gasteiger partial charge < -0.3 is 15.5 Å². The molecule has 1 aliphatic heterocycles. The number of amides is 3. The van der Waals surface area contributed by atoms with Crippen LogP contribution in [-0.2, 0) is 4.79 Å². The molecule has 138 valence electrons. The normalized spacial score (nSPS) is 23.5. The maximum atomic E-state index is 12.6. The molecule has 2 aliphatic rings. The molecule has 0 bridgehead atoms. The van der Waals surface area contributed by atoms with E-state index >= 15 is 0 Å². The molecule has 5 nitrogen and oxygen atoms in total. The molecule has 1 unspecified atom stereocenters. The molecule has 0 spiro atoms. The average Bonchev–Trinajstić information content (AvgIpc) is 2.55. The summed E-state index contributed by atoms with van der Waals surface area (Å²) in [7, 11) is 0. The zero-order valence-electron chi connectivity index (χ0n) is 15.5. The van der Waals surface area contributed by atoms with Crippen molar-refractivity contribution in [3.8, 4) is 0 Å². The topological polar surface area (TPSA) is 61.4 Å². The number of carbonyl (C=O) groups is 2. The summed E-state index contributed by atoms with van der Waals surface area (Å²) in [5.74, 6) is 0.549. The van der Waals surface area contributed by atoms with Crippen LogP contribution in [0.3, 0.4) is 0 Å². The standard InChI is InChI=1S/C19H35N3O2/c1-15(2)13-20-19(24)22-12-8-9-16(14-22)18(23)21-17-10-6-4-3-5-7-11-17/h15-17H,3-14H2,1-2H3,(H,20,24)(H,21,23). The second-order valence-electron chi connectivity index (χ2n) is 7.92. The van der Waals surface area contributed by atoms with E-state index in [0.29, 0.717) is 25.0 Å². The molecule has 5 heteroatoms. The number of nitrogens with zero attached hydrogens (tertiary/aromatic N) is 1. The number of hydrogen-bond donors (Lipinski definition) is 2. The fourth-order valence-electron chi connectivity index (χ4n) is 3.70. The lowest BCUT2D eigenvalue weighted by atomic mass is 9.94. The third kappa shape index (κ3) is 6.33. The SMILES string of the molecule is CC(C)CNC(=O)N1CCCC(C(=O)NC2CCCCCCC2)C1. The molecule has 0 aromatic rings. The largest absolute Gasteiger partial charge is 0.353 e. The molecule has 24 heavy (non-hydrogen) atoms. The molecule has 0 aromatic carbocycles. The van der Waals surface area contributed by atoms with Gasteiger partial charge in [-0.1, -0.05) is 46.0 Å². The molecule has 1 aliphatic carbocycles. The first-order valence-electron chi connectivity index (χ1n) is 9.89. The summed E-state index contributed by atoms with van der Waals surface area (Å²) in [6.07, 6.45) is 10.4. The Morgan fingerprint density at radius 2 is 1.67 bits per heavy atom. The van der Waals surface area contributed by atoms with E-state index in [1.807, 2.05) is 4.90 Å². The first-order valence-corrected chi connectivity index (χ1v) is 9.89. The third-order valence-corrected chi connectivity index (χ3v) is 5.19. The Morgan fingerprint density at radius 1 is 1.00 bits per heavy atom. The zero-order valence-corrected chi connectivity index (χ0v) is 15.5. The maximum absolute atomic E-state index is 12.6. The highest BCUT2D eigenvalue weighted by molar-refractivity contribution is 5.81. The summed E-state index contributed by atoms with van der Waals surface area (Å²) in [6, 6.07) is 0.315. The molecular weight excluding hydrogens is 302 g/mol. The molecule has 3 amide bonds. The highest BCUT2D eigenvalue weighted by Crippen LogP contribution is 2.20. The summed E-state index contributed by atoms with van der Waals surface area (Å²) in [6.45, 7) is 6.18.